The van der Waals surface area contributed by atoms with Gasteiger partial charge in [-0.2, -0.15) is 0 Å². The number of nitrogens with zero attached hydrogens (tertiary/aromatic N) is 3. The number of carbonyl (C=O) groups is 1. The van der Waals surface area contributed by atoms with E-state index in [1.807, 2.05) is 29.2 Å². The molecule has 11 heteroatoms. The molecule has 2 aromatic rings. The highest BCUT2D eigenvalue weighted by Gasteiger charge is 2.41. The maximum absolute atomic E-state index is 12.5. The number of alkyl halides is 1. The summed E-state index contributed by atoms with van der Waals surface area (Å²) in [4.78, 5) is 14.3. The molecule has 2 aliphatic heterocycles. The van der Waals surface area contributed by atoms with Gasteiger partial charge in [-0.15, -0.1) is 21.8 Å². The normalized spacial score (nSPS) is 28.2. The summed E-state index contributed by atoms with van der Waals surface area (Å²) in [6.07, 6.45) is 2.07. The molecule has 0 spiro atoms. The number of fused-ring (bicyclic) bond motifs is 1. The number of hydrazine groups is 1. The molecule has 4 atom stereocenters. The summed E-state index contributed by atoms with van der Waals surface area (Å²) in [6, 6.07) is 8.29. The van der Waals surface area contributed by atoms with E-state index in [1.165, 1.54) is 11.3 Å². The Balaban J connectivity index is 1.23. The first-order chi connectivity index (χ1) is 15.2. The largest absolute Gasteiger partial charge is 0.356 e. The smallest absolute Gasteiger partial charge is 0.321 e. The molecule has 0 bridgehead atoms. The van der Waals surface area contributed by atoms with E-state index in [9.17, 15) is 4.79 Å². The molecule has 166 valence electrons. The lowest BCUT2D eigenvalue weighted by atomic mass is 9.82. The number of carbonyl (C=O) groups excluding carboxylic acids is 1. The van der Waals surface area contributed by atoms with Gasteiger partial charge in [0.2, 0.25) is 5.13 Å². The molecule has 2 saturated heterocycles. The lowest BCUT2D eigenvalue weighted by Crippen LogP contribution is -2.48. The third-order valence-electron chi connectivity index (χ3n) is 6.22. The van der Waals surface area contributed by atoms with Crippen molar-refractivity contribution in [2.45, 2.75) is 30.3 Å². The van der Waals surface area contributed by atoms with Crippen molar-refractivity contribution in [3.8, 4) is 10.6 Å². The highest BCUT2D eigenvalue weighted by Crippen LogP contribution is 2.34. The summed E-state index contributed by atoms with van der Waals surface area (Å²) in [6.45, 7) is 3.98. The molecular formula is C20H27ClN8OS. The van der Waals surface area contributed by atoms with Crippen LogP contribution in [-0.2, 0) is 0 Å². The van der Waals surface area contributed by atoms with Gasteiger partial charge in [-0.1, -0.05) is 23.5 Å². The molecule has 4 unspecified atom stereocenters. The van der Waals surface area contributed by atoms with Gasteiger partial charge >= 0.3 is 6.03 Å². The zero-order valence-corrected chi connectivity index (χ0v) is 18.7. The highest BCUT2D eigenvalue weighted by atomic mass is 35.5. The number of anilines is 2. The van der Waals surface area contributed by atoms with Crippen molar-refractivity contribution in [2.24, 2.45) is 5.92 Å². The second-order valence-electron chi connectivity index (χ2n) is 8.23. The van der Waals surface area contributed by atoms with Gasteiger partial charge in [-0.05, 0) is 25.0 Å². The first kappa shape index (κ1) is 20.9. The molecule has 1 aromatic heterocycles. The molecule has 0 radical (unpaired) electrons. The van der Waals surface area contributed by atoms with Gasteiger partial charge in [0.05, 0.1) is 5.38 Å². The van der Waals surface area contributed by atoms with Crippen molar-refractivity contribution in [1.29, 1.82) is 0 Å². The first-order valence-electron chi connectivity index (χ1n) is 10.8. The van der Waals surface area contributed by atoms with Crippen LogP contribution >= 0.6 is 22.9 Å². The van der Waals surface area contributed by atoms with Crippen molar-refractivity contribution in [3.63, 3.8) is 0 Å². The first-order valence-corrected chi connectivity index (χ1v) is 12.0. The maximum atomic E-state index is 12.5. The molecule has 3 aliphatic rings. The Hall–Kier alpha value is -1.98. The molecule has 3 fully saturated rings. The zero-order valence-electron chi connectivity index (χ0n) is 17.1. The van der Waals surface area contributed by atoms with Crippen molar-refractivity contribution < 1.29 is 4.79 Å². The molecular weight excluding hydrogens is 436 g/mol. The second-order valence-corrected chi connectivity index (χ2v) is 9.71. The van der Waals surface area contributed by atoms with E-state index in [0.717, 1.165) is 53.9 Å². The number of aromatic nitrogens is 2. The SMILES string of the molecule is O=C(Nc1cccc(-c2nnc(NC3CCC4NNCC4C3Cl)s2)c1)N1CCNCC1. The van der Waals surface area contributed by atoms with Gasteiger partial charge in [-0.25, -0.2) is 4.79 Å². The topological polar surface area (TPSA) is 106 Å². The van der Waals surface area contributed by atoms with Crippen molar-refractivity contribution in [3.05, 3.63) is 24.3 Å². The van der Waals surface area contributed by atoms with Crippen LogP contribution in [0.5, 0.6) is 0 Å². The number of amides is 2. The Morgan fingerprint density at radius 2 is 2.10 bits per heavy atom. The van der Waals surface area contributed by atoms with Crippen LogP contribution in [0.1, 0.15) is 12.8 Å². The number of nitrogens with one attached hydrogen (secondary N) is 5. The van der Waals surface area contributed by atoms with E-state index in [1.54, 1.807) is 0 Å². The van der Waals surface area contributed by atoms with Crippen molar-refractivity contribution in [2.75, 3.05) is 43.4 Å². The van der Waals surface area contributed by atoms with Gasteiger partial charge in [0, 0.05) is 62.0 Å². The second kappa shape index (κ2) is 9.25. The number of hydrogen-bond acceptors (Lipinski definition) is 8. The molecule has 1 aromatic carbocycles. The maximum Gasteiger partial charge on any atom is 0.321 e. The van der Waals surface area contributed by atoms with Gasteiger partial charge in [0.15, 0.2) is 0 Å². The third-order valence-corrected chi connectivity index (χ3v) is 7.75. The number of benzene rings is 1. The fourth-order valence-corrected chi connectivity index (χ4v) is 5.76. The minimum atomic E-state index is -0.0714. The van der Waals surface area contributed by atoms with E-state index in [-0.39, 0.29) is 17.5 Å². The molecule has 5 rings (SSSR count). The van der Waals surface area contributed by atoms with Crippen LogP contribution in [0.15, 0.2) is 24.3 Å². The Bertz CT molecular complexity index is 920. The minimum absolute atomic E-state index is 0.0390. The average Bonchev–Trinajstić information content (AvgIpc) is 3.47. The summed E-state index contributed by atoms with van der Waals surface area (Å²) >= 11 is 8.26. The van der Waals surface area contributed by atoms with E-state index < -0.39 is 0 Å². The molecule has 5 N–H and O–H groups in total. The summed E-state index contributed by atoms with van der Waals surface area (Å²) < 4.78 is 0. The van der Waals surface area contributed by atoms with E-state index in [2.05, 4.69) is 37.0 Å². The Morgan fingerprint density at radius 1 is 1.23 bits per heavy atom. The van der Waals surface area contributed by atoms with E-state index in [4.69, 9.17) is 11.6 Å². The Labute approximate surface area is 190 Å². The van der Waals surface area contributed by atoms with Crippen LogP contribution < -0.4 is 26.8 Å². The molecule has 3 heterocycles. The number of rotatable bonds is 4. The minimum Gasteiger partial charge on any atom is -0.356 e. The van der Waals surface area contributed by atoms with Crippen LogP contribution in [-0.4, -0.2) is 71.3 Å². The summed E-state index contributed by atoms with van der Waals surface area (Å²) in [7, 11) is 0. The number of urea groups is 1. The summed E-state index contributed by atoms with van der Waals surface area (Å²) in [5.74, 6) is 0.413. The predicted molar refractivity (Wildman–Crippen MR) is 124 cm³/mol. The van der Waals surface area contributed by atoms with E-state index in [0.29, 0.717) is 25.0 Å². The Kier molecular flexibility index (Phi) is 6.24. The van der Waals surface area contributed by atoms with Gasteiger partial charge in [-0.3, -0.25) is 10.9 Å². The quantitative estimate of drug-likeness (QED) is 0.442. The lowest BCUT2D eigenvalue weighted by Gasteiger charge is -2.35. The summed E-state index contributed by atoms with van der Waals surface area (Å²) in [5.41, 5.74) is 8.22. The molecule has 31 heavy (non-hydrogen) atoms. The Morgan fingerprint density at radius 3 is 2.97 bits per heavy atom. The van der Waals surface area contributed by atoms with Gasteiger partial charge in [0.25, 0.3) is 0 Å². The number of hydrogen-bond donors (Lipinski definition) is 5. The highest BCUT2D eigenvalue weighted by molar-refractivity contribution is 7.18. The third kappa shape index (κ3) is 4.63. The van der Waals surface area contributed by atoms with E-state index >= 15 is 0 Å². The monoisotopic (exact) mass is 462 g/mol. The molecule has 1 saturated carbocycles. The number of piperazine rings is 1. The average molecular weight is 463 g/mol. The van der Waals surface area contributed by atoms with Gasteiger partial charge in [0.1, 0.15) is 5.01 Å². The van der Waals surface area contributed by atoms with Crippen LogP contribution in [0, 0.1) is 5.92 Å². The molecule has 1 aliphatic carbocycles. The predicted octanol–water partition coefficient (Wildman–Crippen LogP) is 1.92. The van der Waals surface area contributed by atoms with Crippen molar-refractivity contribution >= 4 is 39.8 Å². The summed E-state index contributed by atoms with van der Waals surface area (Å²) in [5, 5.41) is 20.1. The van der Waals surface area contributed by atoms with Crippen molar-refractivity contribution in [1.82, 2.24) is 31.3 Å². The fourth-order valence-electron chi connectivity index (χ4n) is 4.50. The standard InChI is InChI=1S/C20H27ClN8OS/c21-17-14-11-23-26-15(14)4-5-16(17)25-19-28-27-18(31-19)12-2-1-3-13(10-12)24-20(30)29-8-6-22-7-9-29/h1-3,10,14-17,22-23,26H,4-9,11H2,(H,24,30)(H,25,28). The van der Waals surface area contributed by atoms with Crippen LogP contribution in [0.4, 0.5) is 15.6 Å². The fraction of sp³-hybridized carbons (Fsp3) is 0.550. The van der Waals surface area contributed by atoms with Gasteiger partial charge < -0.3 is 20.9 Å². The molecule has 9 nitrogen and oxygen atoms in total. The lowest BCUT2D eigenvalue weighted by molar-refractivity contribution is 0.204. The zero-order chi connectivity index (χ0) is 21.2. The molecule has 2 amide bonds. The number of halogens is 1. The van der Waals surface area contributed by atoms with Crippen LogP contribution in [0.25, 0.3) is 10.6 Å². The van der Waals surface area contributed by atoms with Crippen LogP contribution in [0.2, 0.25) is 0 Å². The van der Waals surface area contributed by atoms with Crippen LogP contribution in [0.3, 0.4) is 0 Å².